The molecule has 0 radical (unpaired) electrons. The second-order valence-electron chi connectivity index (χ2n) is 9.32. The molecule has 200 valence electrons. The Hall–Kier alpha value is -3.56. The van der Waals surface area contributed by atoms with Crippen molar-refractivity contribution in [3.8, 4) is 0 Å². The van der Waals surface area contributed by atoms with Crippen molar-refractivity contribution in [1.29, 1.82) is 0 Å². The van der Waals surface area contributed by atoms with Gasteiger partial charge in [0, 0.05) is 49.1 Å². The summed E-state index contributed by atoms with van der Waals surface area (Å²) in [5.74, 6) is 0. The molecule has 1 aliphatic heterocycles. The van der Waals surface area contributed by atoms with Crippen LogP contribution in [-0.2, 0) is 27.2 Å². The molecule has 3 unspecified atom stereocenters. The highest BCUT2D eigenvalue weighted by Gasteiger charge is 2.33. The fourth-order valence-electron chi connectivity index (χ4n) is 4.37. The molecule has 2 aromatic carbocycles. The molecule has 1 aromatic heterocycles. The number of likely N-dealkylation sites (N-methyl/N-ethyl adjacent to an activating group) is 1. The van der Waals surface area contributed by atoms with E-state index in [-0.39, 0.29) is 25.4 Å². The number of hydrogen-bond acceptors (Lipinski definition) is 7. The molecule has 38 heavy (non-hydrogen) atoms. The Balaban J connectivity index is 1.48. The van der Waals surface area contributed by atoms with Gasteiger partial charge in [-0.05, 0) is 42.4 Å². The number of nitrogens with zero attached hydrogens (tertiary/aromatic N) is 2. The molecular weight excluding hydrogens is 482 g/mol. The second kappa shape index (κ2) is 13.8. The zero-order chi connectivity index (χ0) is 26.7. The molecule has 8 heteroatoms. The minimum Gasteiger partial charge on any atom is -0.445 e. The van der Waals surface area contributed by atoms with Crippen molar-refractivity contribution >= 4 is 11.8 Å². The fraction of sp³-hybridized carbons (Fsp3) is 0.333. The SMILES string of the molecule is C=CCOC(=O)Nc1cccc(C2OC(CN(C)CCc3ccccn3)CC(c3ccc(CO)cc3)O2)c1. The van der Waals surface area contributed by atoms with Crippen LogP contribution in [0.4, 0.5) is 10.5 Å². The average molecular weight is 518 g/mol. The van der Waals surface area contributed by atoms with Crippen LogP contribution in [0.3, 0.4) is 0 Å². The van der Waals surface area contributed by atoms with E-state index in [2.05, 4.69) is 28.8 Å². The van der Waals surface area contributed by atoms with Crippen LogP contribution in [0.1, 0.15) is 41.2 Å². The Morgan fingerprint density at radius 3 is 2.74 bits per heavy atom. The first-order valence-electron chi connectivity index (χ1n) is 12.8. The molecule has 1 fully saturated rings. The number of amides is 1. The summed E-state index contributed by atoms with van der Waals surface area (Å²) in [5.41, 5.74) is 4.32. The third kappa shape index (κ3) is 7.97. The van der Waals surface area contributed by atoms with Crippen molar-refractivity contribution in [2.24, 2.45) is 0 Å². The van der Waals surface area contributed by atoms with Crippen LogP contribution in [0.2, 0.25) is 0 Å². The van der Waals surface area contributed by atoms with Crippen molar-refractivity contribution in [2.45, 2.75) is 37.9 Å². The minimum atomic E-state index is -0.619. The van der Waals surface area contributed by atoms with Crippen LogP contribution in [-0.4, -0.2) is 53.9 Å². The predicted molar refractivity (Wildman–Crippen MR) is 145 cm³/mol. The lowest BCUT2D eigenvalue weighted by atomic mass is 9.99. The molecular formula is C30H35N3O5. The van der Waals surface area contributed by atoms with Gasteiger partial charge in [0.25, 0.3) is 0 Å². The molecule has 4 rings (SSSR count). The number of carbonyl (C=O) groups is 1. The standard InChI is InChI=1S/C30H35N3O5/c1-3-17-36-30(35)32-26-9-6-7-24(18-26)29-37-27(20-33(2)16-14-25-8-4-5-15-31-25)19-28(38-29)23-12-10-22(21-34)11-13-23/h3-13,15,18,27-29,34H,1,14,16-17,19-21H2,2H3,(H,32,35). The smallest absolute Gasteiger partial charge is 0.411 e. The van der Waals surface area contributed by atoms with E-state index >= 15 is 0 Å². The van der Waals surface area contributed by atoms with Gasteiger partial charge in [-0.15, -0.1) is 0 Å². The van der Waals surface area contributed by atoms with Gasteiger partial charge in [-0.1, -0.05) is 55.1 Å². The van der Waals surface area contributed by atoms with Gasteiger partial charge < -0.3 is 24.2 Å². The molecule has 2 heterocycles. The molecule has 0 spiro atoms. The van der Waals surface area contributed by atoms with E-state index in [1.165, 1.54) is 6.08 Å². The Labute approximate surface area is 223 Å². The molecule has 8 nitrogen and oxygen atoms in total. The summed E-state index contributed by atoms with van der Waals surface area (Å²) >= 11 is 0. The molecule has 3 atom stereocenters. The van der Waals surface area contributed by atoms with Gasteiger partial charge in [0.05, 0.1) is 18.8 Å². The van der Waals surface area contributed by atoms with Crippen LogP contribution >= 0.6 is 0 Å². The van der Waals surface area contributed by atoms with E-state index in [9.17, 15) is 9.90 Å². The number of ether oxygens (including phenoxy) is 3. The first kappa shape index (κ1) is 27.5. The zero-order valence-corrected chi connectivity index (χ0v) is 21.7. The molecule has 3 aromatic rings. The molecule has 0 bridgehead atoms. The van der Waals surface area contributed by atoms with Crippen molar-refractivity contribution in [3.63, 3.8) is 0 Å². The Morgan fingerprint density at radius 2 is 2.00 bits per heavy atom. The summed E-state index contributed by atoms with van der Waals surface area (Å²) in [4.78, 5) is 18.7. The number of nitrogens with one attached hydrogen (secondary N) is 1. The van der Waals surface area contributed by atoms with Crippen molar-refractivity contribution in [3.05, 3.63) is 108 Å². The number of carbonyl (C=O) groups excluding carboxylic acids is 1. The summed E-state index contributed by atoms with van der Waals surface area (Å²) in [6, 6.07) is 21.2. The van der Waals surface area contributed by atoms with Gasteiger partial charge in [-0.25, -0.2) is 4.79 Å². The monoisotopic (exact) mass is 517 g/mol. The van der Waals surface area contributed by atoms with Crippen LogP contribution in [0, 0.1) is 0 Å². The van der Waals surface area contributed by atoms with E-state index in [0.29, 0.717) is 12.1 Å². The molecule has 0 saturated carbocycles. The third-order valence-electron chi connectivity index (χ3n) is 6.34. The number of anilines is 1. The average Bonchev–Trinajstić information content (AvgIpc) is 2.95. The van der Waals surface area contributed by atoms with Gasteiger partial charge in [0.15, 0.2) is 6.29 Å². The highest BCUT2D eigenvalue weighted by Crippen LogP contribution is 2.38. The summed E-state index contributed by atoms with van der Waals surface area (Å²) in [6.45, 7) is 5.26. The lowest BCUT2D eigenvalue weighted by Crippen LogP contribution is -2.38. The lowest BCUT2D eigenvalue weighted by molar-refractivity contribution is -0.252. The lowest BCUT2D eigenvalue weighted by Gasteiger charge is -2.38. The van der Waals surface area contributed by atoms with Gasteiger partial charge in [-0.2, -0.15) is 0 Å². The maximum absolute atomic E-state index is 12.0. The van der Waals surface area contributed by atoms with E-state index in [0.717, 1.165) is 41.9 Å². The highest BCUT2D eigenvalue weighted by molar-refractivity contribution is 5.84. The molecule has 0 aliphatic carbocycles. The normalized spacial score (nSPS) is 19.2. The van der Waals surface area contributed by atoms with Crippen LogP contribution in [0.15, 0.2) is 85.6 Å². The summed E-state index contributed by atoms with van der Waals surface area (Å²) in [6.07, 6.45) is 3.43. The van der Waals surface area contributed by atoms with Crippen molar-refractivity contribution < 1.29 is 24.1 Å². The van der Waals surface area contributed by atoms with E-state index < -0.39 is 12.4 Å². The van der Waals surface area contributed by atoms with Gasteiger partial charge in [-0.3, -0.25) is 10.3 Å². The summed E-state index contributed by atoms with van der Waals surface area (Å²) < 4.78 is 17.9. The number of hydrogen-bond donors (Lipinski definition) is 2. The Kier molecular flexibility index (Phi) is 10.0. The number of pyridine rings is 1. The number of benzene rings is 2. The minimum absolute atomic E-state index is 0.00371. The van der Waals surface area contributed by atoms with E-state index in [1.54, 1.807) is 6.07 Å². The van der Waals surface area contributed by atoms with Gasteiger partial charge in [0.1, 0.15) is 6.61 Å². The number of rotatable bonds is 11. The third-order valence-corrected chi connectivity index (χ3v) is 6.34. The zero-order valence-electron chi connectivity index (χ0n) is 21.7. The number of aromatic nitrogens is 1. The quantitative estimate of drug-likeness (QED) is 0.345. The summed E-state index contributed by atoms with van der Waals surface area (Å²) in [7, 11) is 2.08. The topological polar surface area (TPSA) is 93.2 Å². The van der Waals surface area contributed by atoms with Crippen LogP contribution < -0.4 is 5.32 Å². The first-order valence-corrected chi connectivity index (χ1v) is 12.8. The Morgan fingerprint density at radius 1 is 1.16 bits per heavy atom. The molecule has 2 N–H and O–H groups in total. The van der Waals surface area contributed by atoms with Gasteiger partial charge in [0.2, 0.25) is 0 Å². The van der Waals surface area contributed by atoms with Crippen LogP contribution in [0.25, 0.3) is 0 Å². The second-order valence-corrected chi connectivity index (χ2v) is 9.32. The first-order chi connectivity index (χ1) is 18.5. The van der Waals surface area contributed by atoms with Crippen LogP contribution in [0.5, 0.6) is 0 Å². The van der Waals surface area contributed by atoms with Gasteiger partial charge >= 0.3 is 6.09 Å². The maximum atomic E-state index is 12.0. The molecule has 1 saturated heterocycles. The fourth-order valence-corrected chi connectivity index (χ4v) is 4.37. The largest absolute Gasteiger partial charge is 0.445 e. The predicted octanol–water partition coefficient (Wildman–Crippen LogP) is 5.03. The summed E-state index contributed by atoms with van der Waals surface area (Å²) in [5, 5.41) is 12.2. The molecule has 1 amide bonds. The van der Waals surface area contributed by atoms with E-state index in [1.807, 2.05) is 66.9 Å². The number of aliphatic hydroxyl groups excluding tert-OH is 1. The Bertz CT molecular complexity index is 1170. The number of aliphatic hydroxyl groups is 1. The molecule has 1 aliphatic rings. The highest BCUT2D eigenvalue weighted by atomic mass is 16.7. The maximum Gasteiger partial charge on any atom is 0.411 e. The van der Waals surface area contributed by atoms with Crippen molar-refractivity contribution in [1.82, 2.24) is 9.88 Å². The van der Waals surface area contributed by atoms with Crippen molar-refractivity contribution in [2.75, 3.05) is 32.1 Å². The van der Waals surface area contributed by atoms with E-state index in [4.69, 9.17) is 14.2 Å².